The largest absolute Gasteiger partial charge is 0.449 e. The van der Waals surface area contributed by atoms with E-state index in [2.05, 4.69) is 10.3 Å². The molecule has 0 saturated heterocycles. The summed E-state index contributed by atoms with van der Waals surface area (Å²) in [4.78, 5) is 28.1. The fraction of sp³-hybridized carbons (Fsp3) is 0.312. The van der Waals surface area contributed by atoms with Crippen molar-refractivity contribution in [2.45, 2.75) is 26.4 Å². The van der Waals surface area contributed by atoms with Crippen LogP contribution in [0.4, 0.5) is 0 Å². The van der Waals surface area contributed by atoms with E-state index < -0.39 is 12.1 Å². The molecule has 21 heavy (non-hydrogen) atoms. The first-order chi connectivity index (χ1) is 10.1. The summed E-state index contributed by atoms with van der Waals surface area (Å²) in [5, 5.41) is 3.55. The number of rotatable bonds is 5. The van der Waals surface area contributed by atoms with Crippen LogP contribution in [0.5, 0.6) is 0 Å². The zero-order valence-electron chi connectivity index (χ0n) is 12.1. The number of nitrogens with one attached hydrogen (secondary N) is 1. The number of hydrogen-bond acceptors (Lipinski definition) is 4. The van der Waals surface area contributed by atoms with Crippen LogP contribution in [-0.4, -0.2) is 29.5 Å². The zero-order valence-corrected chi connectivity index (χ0v) is 12.1. The third kappa shape index (κ3) is 3.56. The van der Waals surface area contributed by atoms with Gasteiger partial charge in [0.25, 0.3) is 5.91 Å². The fourth-order valence-electron chi connectivity index (χ4n) is 1.94. The van der Waals surface area contributed by atoms with Gasteiger partial charge < -0.3 is 10.1 Å². The second kappa shape index (κ2) is 6.83. The highest BCUT2D eigenvalue weighted by molar-refractivity contribution is 6.03. The van der Waals surface area contributed by atoms with Crippen molar-refractivity contribution < 1.29 is 14.3 Å². The Balaban J connectivity index is 2.14. The number of amides is 1. The molecule has 1 heterocycles. The lowest BCUT2D eigenvalue weighted by molar-refractivity contribution is -0.129. The number of carbonyl (C=O) groups excluding carboxylic acids is 2. The smallest absolute Gasteiger partial charge is 0.341 e. The number of carbonyl (C=O) groups is 2. The van der Waals surface area contributed by atoms with Gasteiger partial charge in [0.15, 0.2) is 6.10 Å². The highest BCUT2D eigenvalue weighted by atomic mass is 16.5. The molecule has 0 aliphatic carbocycles. The lowest BCUT2D eigenvalue weighted by Crippen LogP contribution is -2.36. The maximum atomic E-state index is 12.2. The Morgan fingerprint density at radius 1 is 1.29 bits per heavy atom. The Bertz CT molecular complexity index is 650. The Morgan fingerprint density at radius 3 is 2.81 bits per heavy atom. The first-order valence-corrected chi connectivity index (χ1v) is 6.96. The third-order valence-electron chi connectivity index (χ3n) is 3.05. The molecule has 0 saturated carbocycles. The molecule has 0 spiro atoms. The van der Waals surface area contributed by atoms with E-state index >= 15 is 0 Å². The molecule has 1 aromatic carbocycles. The number of esters is 1. The monoisotopic (exact) mass is 286 g/mol. The second-order valence-electron chi connectivity index (χ2n) is 4.72. The van der Waals surface area contributed by atoms with Gasteiger partial charge >= 0.3 is 5.97 Å². The molecule has 2 aromatic rings. The Hall–Kier alpha value is -2.43. The maximum absolute atomic E-state index is 12.2. The summed E-state index contributed by atoms with van der Waals surface area (Å²) in [6, 6.07) is 8.96. The molecule has 1 aromatic heterocycles. The van der Waals surface area contributed by atoms with Crippen LogP contribution in [0.1, 0.15) is 30.6 Å². The van der Waals surface area contributed by atoms with Gasteiger partial charge in [0.05, 0.1) is 11.1 Å². The van der Waals surface area contributed by atoms with E-state index in [1.54, 1.807) is 31.3 Å². The van der Waals surface area contributed by atoms with Crippen molar-refractivity contribution in [3.63, 3.8) is 0 Å². The van der Waals surface area contributed by atoms with Gasteiger partial charge in [-0.1, -0.05) is 25.1 Å². The number of pyridine rings is 1. The van der Waals surface area contributed by atoms with Crippen LogP contribution in [0.3, 0.4) is 0 Å². The van der Waals surface area contributed by atoms with Crippen LogP contribution >= 0.6 is 0 Å². The molecule has 0 aliphatic heterocycles. The highest BCUT2D eigenvalue weighted by Gasteiger charge is 2.20. The van der Waals surface area contributed by atoms with Crippen molar-refractivity contribution in [2.24, 2.45) is 0 Å². The molecule has 0 unspecified atom stereocenters. The van der Waals surface area contributed by atoms with Gasteiger partial charge in [-0.3, -0.25) is 9.78 Å². The van der Waals surface area contributed by atoms with Crippen LogP contribution in [0, 0.1) is 0 Å². The number of nitrogens with zero attached hydrogens (tertiary/aromatic N) is 1. The average Bonchev–Trinajstić information content (AvgIpc) is 2.51. The molecule has 5 nitrogen and oxygen atoms in total. The van der Waals surface area contributed by atoms with Crippen molar-refractivity contribution in [2.75, 3.05) is 6.54 Å². The van der Waals surface area contributed by atoms with E-state index in [0.717, 1.165) is 11.8 Å². The summed E-state index contributed by atoms with van der Waals surface area (Å²) in [6.45, 7) is 4.08. The third-order valence-corrected chi connectivity index (χ3v) is 3.05. The van der Waals surface area contributed by atoms with Gasteiger partial charge in [-0.05, 0) is 25.5 Å². The van der Waals surface area contributed by atoms with E-state index in [1.807, 2.05) is 19.1 Å². The van der Waals surface area contributed by atoms with E-state index in [0.29, 0.717) is 17.6 Å². The molecule has 0 bridgehead atoms. The molecule has 5 heteroatoms. The predicted molar refractivity (Wildman–Crippen MR) is 79.9 cm³/mol. The molecule has 0 radical (unpaired) electrons. The van der Waals surface area contributed by atoms with Gasteiger partial charge in [0, 0.05) is 18.1 Å². The summed E-state index contributed by atoms with van der Waals surface area (Å²) >= 11 is 0. The van der Waals surface area contributed by atoms with E-state index in [4.69, 9.17) is 4.74 Å². The van der Waals surface area contributed by atoms with Crippen LogP contribution in [0.2, 0.25) is 0 Å². The van der Waals surface area contributed by atoms with Crippen LogP contribution in [-0.2, 0) is 9.53 Å². The molecular formula is C16H18N2O3. The van der Waals surface area contributed by atoms with E-state index in [1.165, 1.54) is 0 Å². The number of aromatic nitrogens is 1. The highest BCUT2D eigenvalue weighted by Crippen LogP contribution is 2.17. The Kier molecular flexibility index (Phi) is 4.87. The standard InChI is InChI=1S/C16H18N2O3/c1-3-9-18-15(19)11(2)21-16(20)13-8-4-6-12-7-5-10-17-14(12)13/h4-8,10-11H,3,9H2,1-2H3,(H,18,19)/t11-/m1/s1. The van der Waals surface area contributed by atoms with E-state index in [9.17, 15) is 9.59 Å². The zero-order chi connectivity index (χ0) is 15.2. The maximum Gasteiger partial charge on any atom is 0.341 e. The summed E-state index contributed by atoms with van der Waals surface area (Å²) in [5.41, 5.74) is 0.939. The van der Waals surface area contributed by atoms with Crippen molar-refractivity contribution in [3.8, 4) is 0 Å². The quantitative estimate of drug-likeness (QED) is 0.856. The summed E-state index contributed by atoms with van der Waals surface area (Å²) in [5.74, 6) is -0.836. The van der Waals surface area contributed by atoms with Crippen LogP contribution in [0.25, 0.3) is 10.9 Å². The number of para-hydroxylation sites is 1. The molecule has 1 N–H and O–H groups in total. The molecule has 1 atom stereocenters. The number of ether oxygens (including phenoxy) is 1. The SMILES string of the molecule is CCCNC(=O)[C@@H](C)OC(=O)c1cccc2cccnc12. The summed E-state index contributed by atoms with van der Waals surface area (Å²) in [7, 11) is 0. The number of hydrogen-bond donors (Lipinski definition) is 1. The normalized spacial score (nSPS) is 11.9. The molecule has 2 rings (SSSR count). The van der Waals surface area contributed by atoms with Crippen molar-refractivity contribution >= 4 is 22.8 Å². The lowest BCUT2D eigenvalue weighted by Gasteiger charge is -2.13. The number of fused-ring (bicyclic) bond motifs is 1. The van der Waals surface area contributed by atoms with Crippen LogP contribution in [0.15, 0.2) is 36.5 Å². The Labute approximate surface area is 123 Å². The predicted octanol–water partition coefficient (Wildman–Crippen LogP) is 2.31. The first kappa shape index (κ1) is 15.0. The summed E-state index contributed by atoms with van der Waals surface area (Å²) < 4.78 is 5.21. The van der Waals surface area contributed by atoms with Gasteiger partial charge in [0.2, 0.25) is 0 Å². The minimum absolute atomic E-state index is 0.293. The summed E-state index contributed by atoms with van der Waals surface area (Å²) in [6.07, 6.45) is 1.62. The molecule has 110 valence electrons. The van der Waals surface area contributed by atoms with Crippen molar-refractivity contribution in [3.05, 3.63) is 42.1 Å². The van der Waals surface area contributed by atoms with Gasteiger partial charge in [-0.2, -0.15) is 0 Å². The van der Waals surface area contributed by atoms with Crippen LogP contribution < -0.4 is 5.32 Å². The lowest BCUT2D eigenvalue weighted by atomic mass is 10.1. The Morgan fingerprint density at radius 2 is 2.05 bits per heavy atom. The van der Waals surface area contributed by atoms with Gasteiger partial charge in [-0.15, -0.1) is 0 Å². The fourth-order valence-corrected chi connectivity index (χ4v) is 1.94. The molecular weight excluding hydrogens is 268 g/mol. The molecule has 0 fully saturated rings. The first-order valence-electron chi connectivity index (χ1n) is 6.96. The number of benzene rings is 1. The molecule has 0 aliphatic rings. The van der Waals surface area contributed by atoms with Crippen molar-refractivity contribution in [1.29, 1.82) is 0 Å². The van der Waals surface area contributed by atoms with E-state index in [-0.39, 0.29) is 5.91 Å². The second-order valence-corrected chi connectivity index (χ2v) is 4.72. The van der Waals surface area contributed by atoms with Gasteiger partial charge in [-0.25, -0.2) is 4.79 Å². The average molecular weight is 286 g/mol. The topological polar surface area (TPSA) is 68.3 Å². The minimum atomic E-state index is -0.831. The van der Waals surface area contributed by atoms with Gasteiger partial charge in [0.1, 0.15) is 0 Å². The van der Waals surface area contributed by atoms with Crippen molar-refractivity contribution in [1.82, 2.24) is 10.3 Å². The minimum Gasteiger partial charge on any atom is -0.449 e. The molecule has 1 amide bonds.